The highest BCUT2D eigenvalue weighted by Crippen LogP contribution is 2.36. The minimum absolute atomic E-state index is 0.120. The van der Waals surface area contributed by atoms with E-state index < -0.39 is 31.8 Å². The first-order chi connectivity index (χ1) is 16.9. The molecule has 6 N–H and O–H groups in total. The molecule has 0 unspecified atom stereocenters. The highest BCUT2D eigenvalue weighted by atomic mass is 31.2. The Morgan fingerprint density at radius 1 is 1.00 bits per heavy atom. The number of aromatic carboxylic acids is 1. The van der Waals surface area contributed by atoms with Crippen molar-refractivity contribution in [3.63, 3.8) is 0 Å². The standard InChI is InChI=1S/C25H27N2O8P/c1-25(26,16-35-36(31,32)33)24(30)27-20-11-12-22(21(15-20)23(28)29)34-14-13-17-7-9-19(10-8-17)18-5-3-2-4-6-18/h2-12,15H,13-14,16,26H2,1H3,(H,27,30)(H,28,29)(H2,31,32,33)/t25-/m0/s1. The first kappa shape index (κ1) is 27.1. The SMILES string of the molecule is C[C@](N)(COP(=O)(O)O)C(=O)Nc1ccc(OCCc2ccc(-c3ccccc3)cc2)c(C(=O)O)c1. The Labute approximate surface area is 207 Å². The third kappa shape index (κ3) is 7.74. The van der Waals surface area contributed by atoms with Crippen molar-refractivity contribution in [1.82, 2.24) is 0 Å². The maximum atomic E-state index is 12.4. The van der Waals surface area contributed by atoms with Crippen molar-refractivity contribution in [3.05, 3.63) is 83.9 Å². The predicted molar refractivity (Wildman–Crippen MR) is 134 cm³/mol. The van der Waals surface area contributed by atoms with Crippen molar-refractivity contribution in [2.24, 2.45) is 5.73 Å². The second-order valence-electron chi connectivity index (χ2n) is 8.31. The number of amides is 1. The van der Waals surface area contributed by atoms with Crippen molar-refractivity contribution in [2.45, 2.75) is 18.9 Å². The molecule has 0 spiro atoms. The summed E-state index contributed by atoms with van der Waals surface area (Å²) in [5.74, 6) is -1.95. The average Bonchev–Trinajstić information content (AvgIpc) is 2.84. The highest BCUT2D eigenvalue weighted by molar-refractivity contribution is 7.46. The lowest BCUT2D eigenvalue weighted by atomic mass is 10.0. The maximum Gasteiger partial charge on any atom is 0.469 e. The van der Waals surface area contributed by atoms with Crippen molar-refractivity contribution in [3.8, 4) is 16.9 Å². The molecule has 0 bridgehead atoms. The van der Waals surface area contributed by atoms with Crippen molar-refractivity contribution in [1.29, 1.82) is 0 Å². The molecule has 0 aliphatic heterocycles. The maximum absolute atomic E-state index is 12.4. The molecule has 3 aromatic rings. The number of carboxylic acid groups (broad SMARTS) is 1. The molecule has 0 aromatic heterocycles. The van der Waals surface area contributed by atoms with Crippen molar-refractivity contribution in [2.75, 3.05) is 18.5 Å². The zero-order chi connectivity index (χ0) is 26.3. The van der Waals surface area contributed by atoms with Crippen LogP contribution in [-0.4, -0.2) is 45.5 Å². The summed E-state index contributed by atoms with van der Waals surface area (Å²) in [4.78, 5) is 41.8. The number of rotatable bonds is 11. The molecule has 10 nitrogen and oxygen atoms in total. The quantitative estimate of drug-likeness (QED) is 0.241. The molecule has 36 heavy (non-hydrogen) atoms. The van der Waals surface area contributed by atoms with Gasteiger partial charge in [-0.1, -0.05) is 54.6 Å². The molecule has 1 atom stereocenters. The molecule has 0 heterocycles. The number of carbonyl (C=O) groups is 2. The van der Waals surface area contributed by atoms with Crippen LogP contribution in [0.1, 0.15) is 22.8 Å². The van der Waals surface area contributed by atoms with Gasteiger partial charge in [0, 0.05) is 12.1 Å². The van der Waals surface area contributed by atoms with Crippen molar-refractivity contribution < 1.29 is 38.3 Å². The Bertz CT molecular complexity index is 1260. The Morgan fingerprint density at radius 3 is 2.25 bits per heavy atom. The summed E-state index contributed by atoms with van der Waals surface area (Å²) in [5.41, 5.74) is 7.18. The lowest BCUT2D eigenvalue weighted by Gasteiger charge is -2.23. The highest BCUT2D eigenvalue weighted by Gasteiger charge is 2.32. The number of nitrogens with two attached hydrogens (primary N) is 1. The van der Waals surface area contributed by atoms with Crippen molar-refractivity contribution >= 4 is 25.4 Å². The van der Waals surface area contributed by atoms with Gasteiger partial charge in [0.25, 0.3) is 0 Å². The minimum atomic E-state index is -4.82. The van der Waals surface area contributed by atoms with Gasteiger partial charge < -0.3 is 30.7 Å². The van der Waals surface area contributed by atoms with Crippen LogP contribution in [0.25, 0.3) is 11.1 Å². The molecule has 3 aromatic carbocycles. The number of hydrogen-bond donors (Lipinski definition) is 5. The number of phosphoric acid groups is 1. The van der Waals surface area contributed by atoms with Gasteiger partial charge in [-0.05, 0) is 41.8 Å². The normalized spacial score (nSPS) is 13.0. The van der Waals surface area contributed by atoms with Crippen LogP contribution in [0.15, 0.2) is 72.8 Å². The van der Waals surface area contributed by atoms with E-state index in [1.165, 1.54) is 25.1 Å². The molecule has 0 saturated heterocycles. The van der Waals surface area contributed by atoms with E-state index in [1.807, 2.05) is 54.6 Å². The topological polar surface area (TPSA) is 168 Å². The van der Waals surface area contributed by atoms with Gasteiger partial charge in [-0.25, -0.2) is 9.36 Å². The van der Waals surface area contributed by atoms with Gasteiger partial charge in [0.1, 0.15) is 16.9 Å². The molecule has 0 aliphatic carbocycles. The molecule has 11 heteroatoms. The minimum Gasteiger partial charge on any atom is -0.492 e. The molecular formula is C25H27N2O8P. The molecule has 0 radical (unpaired) electrons. The first-order valence-electron chi connectivity index (χ1n) is 10.9. The smallest absolute Gasteiger partial charge is 0.469 e. The fraction of sp³-hybridized carbons (Fsp3) is 0.200. The van der Waals surface area contributed by atoms with Crippen LogP contribution < -0.4 is 15.8 Å². The van der Waals surface area contributed by atoms with Gasteiger partial charge >= 0.3 is 13.8 Å². The second-order valence-corrected chi connectivity index (χ2v) is 9.55. The number of carboxylic acids is 1. The van der Waals surface area contributed by atoms with E-state index >= 15 is 0 Å². The fourth-order valence-electron chi connectivity index (χ4n) is 3.23. The number of nitrogens with one attached hydrogen (secondary N) is 1. The Hall–Kier alpha value is -3.53. The lowest BCUT2D eigenvalue weighted by Crippen LogP contribution is -2.52. The molecule has 3 rings (SSSR count). The largest absolute Gasteiger partial charge is 0.492 e. The van der Waals surface area contributed by atoms with Crippen LogP contribution in [0.5, 0.6) is 5.75 Å². The van der Waals surface area contributed by atoms with E-state index in [9.17, 15) is 19.3 Å². The summed E-state index contributed by atoms with van der Waals surface area (Å²) in [7, 11) is -4.82. The summed E-state index contributed by atoms with van der Waals surface area (Å²) >= 11 is 0. The number of phosphoric ester groups is 1. The monoisotopic (exact) mass is 514 g/mol. The Kier molecular flexibility index (Phi) is 8.62. The molecule has 0 aliphatic rings. The zero-order valence-corrected chi connectivity index (χ0v) is 20.4. The fourth-order valence-corrected chi connectivity index (χ4v) is 3.67. The van der Waals surface area contributed by atoms with Gasteiger partial charge in [-0.3, -0.25) is 9.32 Å². The summed E-state index contributed by atoms with van der Waals surface area (Å²) in [6.45, 7) is 0.708. The second kappa shape index (κ2) is 11.5. The van der Waals surface area contributed by atoms with Gasteiger partial charge in [-0.2, -0.15) is 0 Å². The van der Waals surface area contributed by atoms with E-state index in [0.29, 0.717) is 6.42 Å². The Balaban J connectivity index is 1.61. The predicted octanol–water partition coefficient (Wildman–Crippen LogP) is 3.44. The number of ether oxygens (including phenoxy) is 1. The summed E-state index contributed by atoms with van der Waals surface area (Å²) in [5, 5.41) is 12.0. The molecule has 0 fully saturated rings. The third-order valence-electron chi connectivity index (χ3n) is 5.23. The zero-order valence-electron chi connectivity index (χ0n) is 19.5. The van der Waals surface area contributed by atoms with Crippen LogP contribution in [0.3, 0.4) is 0 Å². The number of anilines is 1. The third-order valence-corrected chi connectivity index (χ3v) is 5.69. The molecule has 0 saturated carbocycles. The number of benzene rings is 3. The summed E-state index contributed by atoms with van der Waals surface area (Å²) < 4.78 is 20.9. The molecule has 1 amide bonds. The molecule has 190 valence electrons. The van der Waals surface area contributed by atoms with E-state index in [2.05, 4.69) is 9.84 Å². The van der Waals surface area contributed by atoms with E-state index in [-0.39, 0.29) is 23.6 Å². The summed E-state index contributed by atoms with van der Waals surface area (Å²) in [6, 6.07) is 22.0. The first-order valence-corrected chi connectivity index (χ1v) is 12.4. The van der Waals surface area contributed by atoms with Crippen LogP contribution in [0.4, 0.5) is 5.69 Å². The van der Waals surface area contributed by atoms with Gasteiger partial charge in [0.05, 0.1) is 13.2 Å². The van der Waals surface area contributed by atoms with Crippen LogP contribution >= 0.6 is 7.82 Å². The lowest BCUT2D eigenvalue weighted by molar-refractivity contribution is -0.121. The van der Waals surface area contributed by atoms with Gasteiger partial charge in [0.2, 0.25) is 5.91 Å². The van der Waals surface area contributed by atoms with E-state index in [1.54, 1.807) is 0 Å². The van der Waals surface area contributed by atoms with E-state index in [0.717, 1.165) is 16.7 Å². The molecular weight excluding hydrogens is 487 g/mol. The number of hydrogen-bond acceptors (Lipinski definition) is 6. The summed E-state index contributed by atoms with van der Waals surface area (Å²) in [6.07, 6.45) is 0.553. The van der Waals surface area contributed by atoms with E-state index in [4.69, 9.17) is 20.3 Å². The van der Waals surface area contributed by atoms with Crippen LogP contribution in [0, 0.1) is 0 Å². The average molecular weight is 514 g/mol. The number of carbonyl (C=O) groups excluding carboxylic acids is 1. The van der Waals surface area contributed by atoms with Crippen LogP contribution in [-0.2, 0) is 20.3 Å². The van der Waals surface area contributed by atoms with Gasteiger partial charge in [0.15, 0.2) is 0 Å². The Morgan fingerprint density at radius 2 is 1.64 bits per heavy atom. The van der Waals surface area contributed by atoms with Crippen LogP contribution in [0.2, 0.25) is 0 Å². The van der Waals surface area contributed by atoms with Gasteiger partial charge in [-0.15, -0.1) is 0 Å².